The zero-order valence-electron chi connectivity index (χ0n) is 41.4. The fourth-order valence-corrected chi connectivity index (χ4v) is 11.3. The molecular formula is C43H78N7O17P3S. The summed E-state index contributed by atoms with van der Waals surface area (Å²) in [6.07, 6.45) is 15.1. The molecule has 0 aromatic carbocycles. The number of hydrogen-bond acceptors (Lipinski definition) is 18. The Balaban J connectivity index is 1.26. The number of nitrogens with zero attached hydrogens (tertiary/aromatic N) is 4. The zero-order valence-corrected chi connectivity index (χ0v) is 44.9. The maximum atomic E-state index is 12.8. The maximum Gasteiger partial charge on any atom is 0.481 e. The number of unbranched alkanes of at least 4 members (excludes halogenated alkanes) is 13. The van der Waals surface area contributed by atoms with Crippen molar-refractivity contribution in [3.8, 4) is 0 Å². The summed E-state index contributed by atoms with van der Waals surface area (Å²) in [5, 5.41) is 26.7. The van der Waals surface area contributed by atoms with E-state index in [1.165, 1.54) is 104 Å². The fourth-order valence-electron chi connectivity index (χ4n) is 7.78. The zero-order chi connectivity index (χ0) is 52.7. The van der Waals surface area contributed by atoms with Crippen molar-refractivity contribution in [2.75, 3.05) is 37.8 Å². The van der Waals surface area contributed by atoms with E-state index in [2.05, 4.69) is 48.3 Å². The Hall–Kier alpha value is -2.44. The average Bonchev–Trinajstić information content (AvgIpc) is 3.86. The molecule has 0 radical (unpaired) electrons. The van der Waals surface area contributed by atoms with Crippen LogP contribution in [0.15, 0.2) is 12.7 Å². The number of carbonyl (C=O) groups excluding carboxylic acids is 3. The van der Waals surface area contributed by atoms with Gasteiger partial charge in [-0.05, 0) is 12.3 Å². The average molecular weight is 1090 g/mol. The summed E-state index contributed by atoms with van der Waals surface area (Å²) in [4.78, 5) is 88.6. The Bertz CT molecular complexity index is 2080. The summed E-state index contributed by atoms with van der Waals surface area (Å²) in [6, 6.07) is 0. The number of aliphatic hydroxyl groups excluding tert-OH is 2. The molecule has 10 N–H and O–H groups in total. The molecule has 8 atom stereocenters. The molecule has 28 heteroatoms. The molecular weight excluding hydrogens is 1010 g/mol. The van der Waals surface area contributed by atoms with Crippen molar-refractivity contribution in [1.82, 2.24) is 30.2 Å². The first kappa shape index (κ1) is 62.9. The van der Waals surface area contributed by atoms with Gasteiger partial charge in [0.05, 0.1) is 19.5 Å². The number of aromatic nitrogens is 4. The number of nitrogens with two attached hydrogens (primary N) is 1. The number of nitrogen functional groups attached to an aromatic ring is 1. The molecule has 0 bridgehead atoms. The number of carbonyl (C=O) groups is 3. The highest BCUT2D eigenvalue weighted by Gasteiger charge is 2.50. The summed E-state index contributed by atoms with van der Waals surface area (Å²) in [5.74, 6) is -0.192. The molecule has 1 fully saturated rings. The van der Waals surface area contributed by atoms with E-state index in [0.717, 1.165) is 54.2 Å². The smallest absolute Gasteiger partial charge is 0.386 e. The number of nitrogens with one attached hydrogen (secondary N) is 2. The molecule has 0 saturated carbocycles. The number of anilines is 1. The van der Waals surface area contributed by atoms with E-state index in [9.17, 15) is 57.9 Å². The minimum Gasteiger partial charge on any atom is -0.386 e. The number of phosphoric acid groups is 3. The monoisotopic (exact) mass is 1090 g/mol. The predicted octanol–water partition coefficient (Wildman–Crippen LogP) is 6.34. The molecule has 2 aromatic rings. The number of rotatable bonds is 38. The molecule has 2 amide bonds. The number of aliphatic hydroxyl groups is 2. The van der Waals surface area contributed by atoms with Crippen LogP contribution in [-0.2, 0) is 50.7 Å². The third-order valence-electron chi connectivity index (χ3n) is 11.9. The first-order valence-electron chi connectivity index (χ1n) is 24.5. The van der Waals surface area contributed by atoms with Gasteiger partial charge in [-0.1, -0.05) is 142 Å². The van der Waals surface area contributed by atoms with Crippen molar-refractivity contribution < 1.29 is 80.5 Å². The number of ether oxygens (including phenoxy) is 1. The van der Waals surface area contributed by atoms with Gasteiger partial charge in [0.2, 0.25) is 11.8 Å². The van der Waals surface area contributed by atoms with E-state index in [1.54, 1.807) is 0 Å². The van der Waals surface area contributed by atoms with E-state index in [0.29, 0.717) is 12.2 Å². The van der Waals surface area contributed by atoms with Gasteiger partial charge in [-0.2, -0.15) is 4.31 Å². The van der Waals surface area contributed by atoms with Crippen molar-refractivity contribution in [2.24, 2.45) is 11.3 Å². The number of phosphoric ester groups is 3. The molecule has 1 aliphatic heterocycles. The van der Waals surface area contributed by atoms with Crippen LogP contribution in [0.1, 0.15) is 156 Å². The Labute approximate surface area is 420 Å². The first-order valence-corrected chi connectivity index (χ1v) is 30.0. The highest BCUT2D eigenvalue weighted by molar-refractivity contribution is 8.13. The van der Waals surface area contributed by atoms with E-state index < -0.39 is 84.6 Å². The second kappa shape index (κ2) is 31.4. The Morgan fingerprint density at radius 1 is 0.845 bits per heavy atom. The SMILES string of the molecule is CCCCCCCCCC(C)CCCCCCCCCCC(=O)SCCNC(=O)CCNC(=O)C(O)C(C)(C)COP(=O)(O)OP(=O)(O)OCC1OC(n2cnc3c(N)ncnc32)C(O)C1OP(=O)(O)O. The largest absolute Gasteiger partial charge is 0.481 e. The summed E-state index contributed by atoms with van der Waals surface area (Å²) < 4.78 is 62.5. The molecule has 0 spiro atoms. The van der Waals surface area contributed by atoms with Gasteiger partial charge >= 0.3 is 23.5 Å². The summed E-state index contributed by atoms with van der Waals surface area (Å²) in [6.45, 7) is 5.23. The second-order valence-corrected chi connectivity index (χ2v) is 24.1. The summed E-state index contributed by atoms with van der Waals surface area (Å²) in [5.41, 5.74) is 4.29. The molecule has 1 aliphatic rings. The Morgan fingerprint density at radius 2 is 1.44 bits per heavy atom. The predicted molar refractivity (Wildman–Crippen MR) is 265 cm³/mol. The summed E-state index contributed by atoms with van der Waals surface area (Å²) >= 11 is 1.16. The standard InChI is InChI=1S/C43H78N7O17P3S/c1-5-6-7-8-11-14-17-20-31(2)21-18-15-12-9-10-13-16-19-22-34(52)71-26-25-45-33(51)23-24-46-41(55)38(54)43(3,4)28-64-70(61,62)67-69(59,60)63-27-32-37(66-68(56,57)58)36(53)42(65-32)50-30-49-35-39(44)47-29-48-40(35)50/h29-32,36-38,42,53-54H,5-28H2,1-4H3,(H,45,51)(H,46,55)(H,59,60)(H,61,62)(H2,44,47,48)(H2,56,57,58). The van der Waals surface area contributed by atoms with Crippen LogP contribution in [0.5, 0.6) is 0 Å². The molecule has 0 aliphatic carbocycles. The Kier molecular flexibility index (Phi) is 27.8. The van der Waals surface area contributed by atoms with Crippen molar-refractivity contribution in [1.29, 1.82) is 0 Å². The summed E-state index contributed by atoms with van der Waals surface area (Å²) in [7, 11) is -16.4. The third kappa shape index (κ3) is 24.2. The molecule has 3 rings (SSSR count). The lowest BCUT2D eigenvalue weighted by molar-refractivity contribution is -0.137. The van der Waals surface area contributed by atoms with Gasteiger partial charge in [0.1, 0.15) is 36.3 Å². The highest BCUT2D eigenvalue weighted by Crippen LogP contribution is 2.61. The number of thioether (sulfide) groups is 1. The number of hydrogen-bond donors (Lipinski definition) is 9. The maximum absolute atomic E-state index is 12.8. The van der Waals surface area contributed by atoms with Gasteiger partial charge in [-0.25, -0.2) is 28.6 Å². The molecule has 408 valence electrons. The van der Waals surface area contributed by atoms with Crippen molar-refractivity contribution in [3.63, 3.8) is 0 Å². The quantitative estimate of drug-likeness (QED) is 0.0261. The van der Waals surface area contributed by atoms with E-state index in [1.807, 2.05) is 0 Å². The van der Waals surface area contributed by atoms with Crippen LogP contribution in [0, 0.1) is 11.3 Å². The van der Waals surface area contributed by atoms with Crippen molar-refractivity contribution in [2.45, 2.75) is 180 Å². The minimum atomic E-state index is -5.58. The van der Waals surface area contributed by atoms with Crippen LogP contribution in [0.3, 0.4) is 0 Å². The van der Waals surface area contributed by atoms with Crippen LogP contribution < -0.4 is 16.4 Å². The van der Waals surface area contributed by atoms with Crippen molar-refractivity contribution in [3.05, 3.63) is 12.7 Å². The van der Waals surface area contributed by atoms with Gasteiger partial charge < -0.3 is 50.9 Å². The van der Waals surface area contributed by atoms with Crippen molar-refractivity contribution >= 4 is 69.1 Å². The normalized spacial score (nSPS) is 20.1. The molecule has 3 heterocycles. The topological polar surface area (TPSA) is 364 Å². The highest BCUT2D eigenvalue weighted by atomic mass is 32.2. The van der Waals surface area contributed by atoms with Crippen LogP contribution in [0.4, 0.5) is 5.82 Å². The van der Waals surface area contributed by atoms with Crippen LogP contribution >= 0.6 is 35.2 Å². The fraction of sp³-hybridized carbons (Fsp3) is 0.814. The van der Waals surface area contributed by atoms with Crippen LogP contribution in [0.25, 0.3) is 11.2 Å². The molecule has 24 nitrogen and oxygen atoms in total. The van der Waals surface area contributed by atoms with E-state index >= 15 is 0 Å². The molecule has 2 aromatic heterocycles. The molecule has 8 unspecified atom stereocenters. The molecule has 71 heavy (non-hydrogen) atoms. The van der Waals surface area contributed by atoms with Gasteiger partial charge in [0.25, 0.3) is 0 Å². The van der Waals surface area contributed by atoms with Gasteiger partial charge in [-0.15, -0.1) is 0 Å². The van der Waals surface area contributed by atoms with E-state index in [-0.39, 0.29) is 41.6 Å². The number of amides is 2. The van der Waals surface area contributed by atoms with Gasteiger partial charge in [0.15, 0.2) is 22.8 Å². The first-order chi connectivity index (χ1) is 33.4. The van der Waals surface area contributed by atoms with Gasteiger partial charge in [0, 0.05) is 37.1 Å². The van der Waals surface area contributed by atoms with Crippen LogP contribution in [-0.4, -0.2) is 123 Å². The lowest BCUT2D eigenvalue weighted by atomic mass is 9.87. The van der Waals surface area contributed by atoms with E-state index in [4.69, 9.17) is 19.5 Å². The number of fused-ring (bicyclic) bond motifs is 1. The third-order valence-corrected chi connectivity index (χ3v) is 15.9. The lowest BCUT2D eigenvalue weighted by Crippen LogP contribution is -2.46. The van der Waals surface area contributed by atoms with Crippen LogP contribution in [0.2, 0.25) is 0 Å². The Morgan fingerprint density at radius 3 is 2.06 bits per heavy atom. The lowest BCUT2D eigenvalue weighted by Gasteiger charge is -2.30. The number of imidazole rings is 1. The second-order valence-electron chi connectivity index (χ2n) is 18.7. The minimum absolute atomic E-state index is 0.0342. The van der Waals surface area contributed by atoms with Gasteiger partial charge in [-0.3, -0.25) is 32.5 Å². The molecule has 1 saturated heterocycles.